The number of rotatable bonds is 2. The molecule has 2 amide bonds. The molecule has 3 aliphatic rings. The number of hydrogen-bond donors (Lipinski definition) is 1. The molecule has 4 rings (SSSR count). The third-order valence-corrected chi connectivity index (χ3v) is 6.24. The molecule has 7 heteroatoms. The number of ether oxygens (including phenoxy) is 1. The highest BCUT2D eigenvalue weighted by molar-refractivity contribution is 5.95. The third-order valence-electron chi connectivity index (χ3n) is 6.24. The van der Waals surface area contributed by atoms with E-state index in [-0.39, 0.29) is 12.0 Å². The maximum atomic E-state index is 13.2. The van der Waals surface area contributed by atoms with Gasteiger partial charge < -0.3 is 14.5 Å². The second-order valence-corrected chi connectivity index (χ2v) is 8.09. The molecule has 1 atom stereocenters. The van der Waals surface area contributed by atoms with Gasteiger partial charge in [0.2, 0.25) is 0 Å². The van der Waals surface area contributed by atoms with Crippen LogP contribution in [0.3, 0.4) is 0 Å². The Kier molecular flexibility index (Phi) is 4.63. The summed E-state index contributed by atoms with van der Waals surface area (Å²) in [7, 11) is 1.77. The number of aromatic amines is 1. The molecule has 0 aromatic carbocycles. The molecule has 0 radical (unpaired) electrons. The summed E-state index contributed by atoms with van der Waals surface area (Å²) in [5.41, 5.74) is 1.32. The highest BCUT2D eigenvalue weighted by atomic mass is 16.6. The van der Waals surface area contributed by atoms with Gasteiger partial charge in [0.1, 0.15) is 5.60 Å². The smallest absolute Gasteiger partial charge is 0.410 e. The summed E-state index contributed by atoms with van der Waals surface area (Å²) in [6.45, 7) is 1.94. The van der Waals surface area contributed by atoms with Crippen LogP contribution in [0.15, 0.2) is 6.20 Å². The number of aromatic nitrogens is 2. The largest absolute Gasteiger partial charge is 0.441 e. The normalized spacial score (nSPS) is 27.7. The zero-order chi connectivity index (χ0) is 18.1. The van der Waals surface area contributed by atoms with Crippen LogP contribution in [-0.4, -0.2) is 64.3 Å². The Morgan fingerprint density at radius 3 is 2.77 bits per heavy atom. The summed E-state index contributed by atoms with van der Waals surface area (Å²) in [6.07, 6.45) is 9.81. The molecule has 3 heterocycles. The van der Waals surface area contributed by atoms with Gasteiger partial charge in [-0.3, -0.25) is 9.89 Å². The summed E-state index contributed by atoms with van der Waals surface area (Å²) in [4.78, 5) is 28.5. The van der Waals surface area contributed by atoms with Crippen LogP contribution in [0.2, 0.25) is 0 Å². The second kappa shape index (κ2) is 6.93. The van der Waals surface area contributed by atoms with Crippen molar-refractivity contribution in [3.63, 3.8) is 0 Å². The number of carbonyl (C=O) groups is 2. The molecule has 1 saturated carbocycles. The predicted octanol–water partition coefficient (Wildman–Crippen LogP) is 2.90. The first-order valence-electron chi connectivity index (χ1n) is 9.85. The molecule has 142 valence electrons. The van der Waals surface area contributed by atoms with Crippen LogP contribution in [0.5, 0.6) is 0 Å². The first kappa shape index (κ1) is 17.4. The fraction of sp³-hybridized carbons (Fsp3) is 0.737. The number of nitrogens with one attached hydrogen (secondary N) is 1. The van der Waals surface area contributed by atoms with Gasteiger partial charge in [0, 0.05) is 32.5 Å². The Balaban J connectivity index is 1.46. The van der Waals surface area contributed by atoms with Crippen molar-refractivity contribution >= 4 is 12.0 Å². The van der Waals surface area contributed by atoms with E-state index in [1.54, 1.807) is 18.1 Å². The number of nitrogens with zero attached hydrogens (tertiary/aromatic N) is 3. The number of amides is 2. The van der Waals surface area contributed by atoms with E-state index in [1.165, 1.54) is 19.3 Å². The van der Waals surface area contributed by atoms with Gasteiger partial charge in [0.25, 0.3) is 5.91 Å². The molecule has 3 fully saturated rings. The number of likely N-dealkylation sites (N-methyl/N-ethyl adjacent to an activating group) is 1. The quantitative estimate of drug-likeness (QED) is 0.879. The standard InChI is InChI=1S/C19H28N4O3/c1-22-13-19(26-18(22)25)8-5-10-23(11-9-19)17(24)15-12-20-21-16(15)14-6-3-2-4-7-14/h12,14H,2-11,13H2,1H3,(H,20,21)/t19-/m1/s1. The average Bonchev–Trinajstić information content (AvgIpc) is 3.17. The second-order valence-electron chi connectivity index (χ2n) is 8.09. The Bertz CT molecular complexity index is 682. The van der Waals surface area contributed by atoms with E-state index in [1.807, 2.05) is 4.90 Å². The lowest BCUT2D eigenvalue weighted by Gasteiger charge is -2.26. The number of H-pyrrole nitrogens is 1. The van der Waals surface area contributed by atoms with E-state index in [4.69, 9.17) is 4.74 Å². The molecule has 2 saturated heterocycles. The summed E-state index contributed by atoms with van der Waals surface area (Å²) < 4.78 is 5.65. The monoisotopic (exact) mass is 360 g/mol. The van der Waals surface area contributed by atoms with Crippen LogP contribution >= 0.6 is 0 Å². The van der Waals surface area contributed by atoms with E-state index in [0.717, 1.165) is 36.9 Å². The summed E-state index contributed by atoms with van der Waals surface area (Å²) in [6, 6.07) is 0. The maximum absolute atomic E-state index is 13.2. The van der Waals surface area contributed by atoms with Crippen molar-refractivity contribution in [3.8, 4) is 0 Å². The van der Waals surface area contributed by atoms with E-state index < -0.39 is 5.60 Å². The van der Waals surface area contributed by atoms with Crippen LogP contribution in [0.4, 0.5) is 4.79 Å². The van der Waals surface area contributed by atoms with Gasteiger partial charge in [-0.2, -0.15) is 5.10 Å². The molecular weight excluding hydrogens is 332 g/mol. The SMILES string of the molecule is CN1C[C@]2(CCCN(C(=O)c3cn[nH]c3C3CCCCC3)CC2)OC1=O. The lowest BCUT2D eigenvalue weighted by molar-refractivity contribution is 0.0438. The van der Waals surface area contributed by atoms with Crippen LogP contribution in [0.25, 0.3) is 0 Å². The van der Waals surface area contributed by atoms with Gasteiger partial charge in [-0.25, -0.2) is 4.79 Å². The van der Waals surface area contributed by atoms with Gasteiger partial charge >= 0.3 is 6.09 Å². The van der Waals surface area contributed by atoms with Crippen molar-refractivity contribution in [2.45, 2.75) is 62.9 Å². The van der Waals surface area contributed by atoms with Gasteiger partial charge in [-0.05, 0) is 25.7 Å². The van der Waals surface area contributed by atoms with E-state index in [0.29, 0.717) is 32.0 Å². The predicted molar refractivity (Wildman–Crippen MR) is 96.0 cm³/mol. The fourth-order valence-corrected chi connectivity index (χ4v) is 4.76. The van der Waals surface area contributed by atoms with E-state index in [9.17, 15) is 9.59 Å². The topological polar surface area (TPSA) is 78.5 Å². The Morgan fingerprint density at radius 2 is 2.04 bits per heavy atom. The van der Waals surface area contributed by atoms with Crippen LogP contribution in [0.1, 0.15) is 73.3 Å². The van der Waals surface area contributed by atoms with Crippen molar-refractivity contribution in [2.24, 2.45) is 0 Å². The van der Waals surface area contributed by atoms with Gasteiger partial charge in [0.05, 0.1) is 24.0 Å². The average molecular weight is 360 g/mol. The molecule has 1 aromatic rings. The molecule has 1 spiro atoms. The maximum Gasteiger partial charge on any atom is 0.410 e. The van der Waals surface area contributed by atoms with Gasteiger partial charge in [0.15, 0.2) is 0 Å². The van der Waals surface area contributed by atoms with Crippen molar-refractivity contribution < 1.29 is 14.3 Å². The number of likely N-dealkylation sites (tertiary alicyclic amines) is 1. The zero-order valence-electron chi connectivity index (χ0n) is 15.5. The summed E-state index contributed by atoms with van der Waals surface area (Å²) in [5.74, 6) is 0.488. The molecule has 1 N–H and O–H groups in total. The highest BCUT2D eigenvalue weighted by Crippen LogP contribution is 2.35. The highest BCUT2D eigenvalue weighted by Gasteiger charge is 2.45. The Hall–Kier alpha value is -2.05. The Labute approximate surface area is 154 Å². The minimum Gasteiger partial charge on any atom is -0.441 e. The van der Waals surface area contributed by atoms with Crippen molar-refractivity contribution in [1.29, 1.82) is 0 Å². The van der Waals surface area contributed by atoms with Crippen LogP contribution in [0, 0.1) is 0 Å². The molecule has 1 aromatic heterocycles. The Morgan fingerprint density at radius 1 is 1.23 bits per heavy atom. The molecule has 0 bridgehead atoms. The molecule has 2 aliphatic heterocycles. The molecular formula is C19H28N4O3. The van der Waals surface area contributed by atoms with Crippen molar-refractivity contribution in [2.75, 3.05) is 26.7 Å². The lowest BCUT2D eigenvalue weighted by atomic mass is 9.85. The zero-order valence-corrected chi connectivity index (χ0v) is 15.5. The van der Waals surface area contributed by atoms with Crippen molar-refractivity contribution in [3.05, 3.63) is 17.5 Å². The van der Waals surface area contributed by atoms with Crippen LogP contribution < -0.4 is 0 Å². The number of hydrogen-bond acceptors (Lipinski definition) is 4. The minimum absolute atomic E-state index is 0.0639. The van der Waals surface area contributed by atoms with Crippen molar-refractivity contribution in [1.82, 2.24) is 20.0 Å². The molecule has 26 heavy (non-hydrogen) atoms. The van der Waals surface area contributed by atoms with Gasteiger partial charge in [-0.1, -0.05) is 19.3 Å². The van der Waals surface area contributed by atoms with E-state index >= 15 is 0 Å². The number of carbonyl (C=O) groups excluding carboxylic acids is 2. The lowest BCUT2D eigenvalue weighted by Crippen LogP contribution is -2.37. The fourth-order valence-electron chi connectivity index (χ4n) is 4.76. The van der Waals surface area contributed by atoms with E-state index in [2.05, 4.69) is 10.2 Å². The van der Waals surface area contributed by atoms with Gasteiger partial charge in [-0.15, -0.1) is 0 Å². The summed E-state index contributed by atoms with van der Waals surface area (Å²) >= 11 is 0. The molecule has 0 unspecified atom stereocenters. The minimum atomic E-state index is -0.427. The third kappa shape index (κ3) is 3.19. The molecule has 7 nitrogen and oxygen atoms in total. The summed E-state index contributed by atoms with van der Waals surface area (Å²) in [5, 5.41) is 7.28. The first-order valence-corrected chi connectivity index (χ1v) is 9.85. The van der Waals surface area contributed by atoms with Crippen LogP contribution in [-0.2, 0) is 4.74 Å². The molecule has 1 aliphatic carbocycles. The first-order chi connectivity index (χ1) is 12.6.